The molecule has 2 saturated heterocycles. The molecule has 5 heterocycles. The summed E-state index contributed by atoms with van der Waals surface area (Å²) in [7, 11) is 1.90. The largest absolute Gasteiger partial charge is 0.378 e. The van der Waals surface area contributed by atoms with Gasteiger partial charge in [-0.3, -0.25) is 24.3 Å². The van der Waals surface area contributed by atoms with E-state index in [-0.39, 0.29) is 5.78 Å². The first-order valence-electron chi connectivity index (χ1n) is 9.74. The number of Topliss-reactive ketones (excluding diaryl/α,β-unsaturated/α-hetero) is 1. The van der Waals surface area contributed by atoms with Crippen LogP contribution >= 0.6 is 0 Å². The van der Waals surface area contributed by atoms with Crippen molar-refractivity contribution < 1.29 is 9.53 Å². The summed E-state index contributed by atoms with van der Waals surface area (Å²) >= 11 is 0. The van der Waals surface area contributed by atoms with E-state index in [1.54, 1.807) is 10.9 Å². The lowest BCUT2D eigenvalue weighted by Crippen LogP contribution is -2.48. The maximum atomic E-state index is 12.7. The lowest BCUT2D eigenvalue weighted by Gasteiger charge is -2.33. The minimum atomic E-state index is 0.210. The summed E-state index contributed by atoms with van der Waals surface area (Å²) in [5, 5.41) is 5.21. The van der Waals surface area contributed by atoms with Gasteiger partial charge in [-0.15, -0.1) is 0 Å². The fourth-order valence-corrected chi connectivity index (χ4v) is 4.33. The number of hydrogen-bond donors (Lipinski definition) is 0. The number of rotatable bonds is 5. The highest BCUT2D eigenvalue weighted by Gasteiger charge is 2.37. The van der Waals surface area contributed by atoms with Crippen molar-refractivity contribution in [3.63, 3.8) is 0 Å². The van der Waals surface area contributed by atoms with Crippen molar-refractivity contribution >= 4 is 16.7 Å². The second kappa shape index (κ2) is 7.07. The molecule has 0 radical (unpaired) electrons. The standard InChI is InChI=1S/C21H23N5O2/c1-25-10-16(8-24-25)15-4-14-5-17(22-9-21(14)23-7-15)6-20(27)11-26-18-2-3-19(26)13-28-12-18/h4-5,7-10,18-19H,2-3,6,11-13H2,1H3. The number of hydrogen-bond acceptors (Lipinski definition) is 6. The van der Waals surface area contributed by atoms with Crippen LogP contribution in [0.3, 0.4) is 0 Å². The highest BCUT2D eigenvalue weighted by atomic mass is 16.5. The van der Waals surface area contributed by atoms with Gasteiger partial charge in [-0.25, -0.2) is 0 Å². The van der Waals surface area contributed by atoms with Crippen molar-refractivity contribution in [2.75, 3.05) is 19.8 Å². The Morgan fingerprint density at radius 3 is 2.68 bits per heavy atom. The van der Waals surface area contributed by atoms with Crippen molar-refractivity contribution in [1.29, 1.82) is 0 Å². The summed E-state index contributed by atoms with van der Waals surface area (Å²) in [6, 6.07) is 4.86. The van der Waals surface area contributed by atoms with Gasteiger partial charge in [0.15, 0.2) is 5.78 Å². The zero-order valence-corrected chi connectivity index (χ0v) is 15.9. The molecule has 144 valence electrons. The van der Waals surface area contributed by atoms with Crippen LogP contribution in [0, 0.1) is 0 Å². The SMILES string of the molecule is Cn1cc(-c2cnc3cnc(CC(=O)CN4C5CCC4COC5)cc3c2)cn1. The molecule has 2 fully saturated rings. The highest BCUT2D eigenvalue weighted by molar-refractivity contribution is 5.86. The van der Waals surface area contributed by atoms with Gasteiger partial charge in [0.2, 0.25) is 0 Å². The van der Waals surface area contributed by atoms with Gasteiger partial charge in [-0.05, 0) is 25.0 Å². The minimum absolute atomic E-state index is 0.210. The van der Waals surface area contributed by atoms with Crippen LogP contribution in [-0.4, -0.2) is 62.3 Å². The first-order valence-corrected chi connectivity index (χ1v) is 9.74. The Balaban J connectivity index is 1.33. The van der Waals surface area contributed by atoms with E-state index in [4.69, 9.17) is 4.74 Å². The fraction of sp³-hybridized carbons (Fsp3) is 0.429. The van der Waals surface area contributed by atoms with Crippen LogP contribution in [0.2, 0.25) is 0 Å². The lowest BCUT2D eigenvalue weighted by atomic mass is 10.1. The molecule has 3 aromatic rings. The molecule has 2 aliphatic rings. The fourth-order valence-electron chi connectivity index (χ4n) is 4.33. The molecule has 2 unspecified atom stereocenters. The summed E-state index contributed by atoms with van der Waals surface area (Å²) in [6.07, 6.45) is 9.99. The van der Waals surface area contributed by atoms with Gasteiger partial charge in [0, 0.05) is 53.7 Å². The van der Waals surface area contributed by atoms with E-state index >= 15 is 0 Å². The molecule has 28 heavy (non-hydrogen) atoms. The van der Waals surface area contributed by atoms with Crippen molar-refractivity contribution in [1.82, 2.24) is 24.6 Å². The summed E-state index contributed by atoms with van der Waals surface area (Å²) in [6.45, 7) is 1.99. The Hall–Kier alpha value is -2.64. The number of carbonyl (C=O) groups excluding carboxylic acids is 1. The first-order chi connectivity index (χ1) is 13.7. The maximum absolute atomic E-state index is 12.7. The van der Waals surface area contributed by atoms with Gasteiger partial charge in [0.05, 0.1) is 44.1 Å². The number of morpholine rings is 1. The molecule has 7 nitrogen and oxygen atoms in total. The van der Waals surface area contributed by atoms with Crippen molar-refractivity contribution in [3.05, 3.63) is 42.6 Å². The number of ether oxygens (including phenoxy) is 1. The van der Waals surface area contributed by atoms with Gasteiger partial charge in [-0.1, -0.05) is 0 Å². The zero-order valence-electron chi connectivity index (χ0n) is 15.9. The van der Waals surface area contributed by atoms with Crippen LogP contribution in [0.15, 0.2) is 36.9 Å². The van der Waals surface area contributed by atoms with Crippen molar-refractivity contribution in [2.45, 2.75) is 31.3 Å². The second-order valence-electron chi connectivity index (χ2n) is 7.81. The van der Waals surface area contributed by atoms with E-state index in [0.29, 0.717) is 25.0 Å². The van der Waals surface area contributed by atoms with Crippen LogP contribution in [0.5, 0.6) is 0 Å². The third kappa shape index (κ3) is 3.31. The number of fused-ring (bicyclic) bond motifs is 3. The molecule has 0 N–H and O–H groups in total. The molecule has 0 spiro atoms. The molecule has 0 aromatic carbocycles. The number of ketones is 1. The summed E-state index contributed by atoms with van der Waals surface area (Å²) in [5.41, 5.74) is 3.65. The first kappa shape index (κ1) is 17.5. The quantitative estimate of drug-likeness (QED) is 0.677. The van der Waals surface area contributed by atoms with Crippen molar-refractivity contribution in [2.24, 2.45) is 7.05 Å². The molecule has 0 amide bonds. The van der Waals surface area contributed by atoms with Gasteiger partial charge >= 0.3 is 0 Å². The van der Waals surface area contributed by atoms with E-state index < -0.39 is 0 Å². The van der Waals surface area contributed by atoms with Crippen LogP contribution < -0.4 is 0 Å². The summed E-state index contributed by atoms with van der Waals surface area (Å²) in [5.74, 6) is 0.210. The van der Waals surface area contributed by atoms with Gasteiger partial charge in [-0.2, -0.15) is 5.10 Å². The Morgan fingerprint density at radius 1 is 1.11 bits per heavy atom. The summed E-state index contributed by atoms with van der Waals surface area (Å²) in [4.78, 5) is 24.0. The number of aromatic nitrogens is 4. The van der Waals surface area contributed by atoms with Crippen LogP contribution in [0.25, 0.3) is 22.0 Å². The number of carbonyl (C=O) groups is 1. The zero-order chi connectivity index (χ0) is 19.1. The van der Waals surface area contributed by atoms with E-state index in [0.717, 1.165) is 53.8 Å². The Labute approximate surface area is 163 Å². The third-order valence-electron chi connectivity index (χ3n) is 5.79. The van der Waals surface area contributed by atoms with Gasteiger partial charge in [0.1, 0.15) is 0 Å². The maximum Gasteiger partial charge on any atom is 0.152 e. The topological polar surface area (TPSA) is 73.1 Å². The average Bonchev–Trinajstić information content (AvgIpc) is 3.20. The highest BCUT2D eigenvalue weighted by Crippen LogP contribution is 2.28. The molecule has 0 saturated carbocycles. The number of aryl methyl sites for hydroxylation is 1. The molecule has 5 rings (SSSR count). The van der Waals surface area contributed by atoms with E-state index in [9.17, 15) is 4.79 Å². The smallest absolute Gasteiger partial charge is 0.152 e. The Morgan fingerprint density at radius 2 is 1.93 bits per heavy atom. The molecule has 3 aromatic heterocycles. The monoisotopic (exact) mass is 377 g/mol. The third-order valence-corrected chi connectivity index (χ3v) is 5.79. The molecule has 0 aliphatic carbocycles. The predicted molar refractivity (Wildman–Crippen MR) is 105 cm³/mol. The molecule has 2 atom stereocenters. The number of nitrogens with zero attached hydrogens (tertiary/aromatic N) is 5. The molecular formula is C21H23N5O2. The van der Waals surface area contributed by atoms with Crippen LogP contribution in [-0.2, 0) is 23.0 Å². The van der Waals surface area contributed by atoms with Crippen LogP contribution in [0.1, 0.15) is 18.5 Å². The second-order valence-corrected chi connectivity index (χ2v) is 7.81. The Bertz CT molecular complexity index is 1010. The van der Waals surface area contributed by atoms with Crippen LogP contribution in [0.4, 0.5) is 0 Å². The van der Waals surface area contributed by atoms with E-state index in [2.05, 4.69) is 26.0 Å². The molecule has 7 heteroatoms. The average molecular weight is 377 g/mol. The van der Waals surface area contributed by atoms with Gasteiger partial charge < -0.3 is 4.74 Å². The van der Waals surface area contributed by atoms with E-state index in [1.165, 1.54) is 0 Å². The summed E-state index contributed by atoms with van der Waals surface area (Å²) < 4.78 is 7.38. The number of pyridine rings is 2. The van der Waals surface area contributed by atoms with E-state index in [1.807, 2.05) is 31.7 Å². The molecule has 2 aliphatic heterocycles. The molecular weight excluding hydrogens is 354 g/mol. The lowest BCUT2D eigenvalue weighted by molar-refractivity contribution is -0.122. The Kier molecular flexibility index (Phi) is 4.41. The van der Waals surface area contributed by atoms with Crippen molar-refractivity contribution in [3.8, 4) is 11.1 Å². The molecule has 2 bridgehead atoms. The van der Waals surface area contributed by atoms with Gasteiger partial charge in [0.25, 0.3) is 0 Å². The normalized spacial score (nSPS) is 22.0. The predicted octanol–water partition coefficient (Wildman–Crippen LogP) is 2.01. The minimum Gasteiger partial charge on any atom is -0.378 e.